The van der Waals surface area contributed by atoms with Gasteiger partial charge >= 0.3 is 0 Å². The highest BCUT2D eigenvalue weighted by Gasteiger charge is 2.31. The van der Waals surface area contributed by atoms with Crippen molar-refractivity contribution in [3.63, 3.8) is 0 Å². The average Bonchev–Trinajstić information content (AvgIpc) is 3.04. The van der Waals surface area contributed by atoms with Gasteiger partial charge in [0.2, 0.25) is 5.95 Å². The SMILES string of the molecule is Cc1cc(Nc2cnnc(N(C)C3CCS(=O)(=O)C3)n2)no1. The molecule has 1 saturated heterocycles. The summed E-state index contributed by atoms with van der Waals surface area (Å²) in [5, 5.41) is 14.6. The third-order valence-corrected chi connectivity index (χ3v) is 5.25. The molecule has 1 atom stereocenters. The van der Waals surface area contributed by atoms with Crippen molar-refractivity contribution in [1.82, 2.24) is 20.3 Å². The molecular weight excluding hydrogens is 308 g/mol. The van der Waals surface area contributed by atoms with Crippen molar-refractivity contribution in [2.24, 2.45) is 0 Å². The molecule has 3 heterocycles. The smallest absolute Gasteiger partial charge is 0.247 e. The van der Waals surface area contributed by atoms with E-state index in [1.165, 1.54) is 6.20 Å². The van der Waals surface area contributed by atoms with E-state index in [2.05, 4.69) is 25.7 Å². The third kappa shape index (κ3) is 3.16. The quantitative estimate of drug-likeness (QED) is 0.860. The summed E-state index contributed by atoms with van der Waals surface area (Å²) in [6.45, 7) is 1.79. The summed E-state index contributed by atoms with van der Waals surface area (Å²) < 4.78 is 28.1. The lowest BCUT2D eigenvalue weighted by Gasteiger charge is -2.22. The molecule has 22 heavy (non-hydrogen) atoms. The molecule has 9 nitrogen and oxygen atoms in total. The van der Waals surface area contributed by atoms with Gasteiger partial charge in [-0.1, -0.05) is 5.16 Å². The molecule has 0 spiro atoms. The number of rotatable bonds is 4. The molecule has 1 unspecified atom stereocenters. The summed E-state index contributed by atoms with van der Waals surface area (Å²) in [5.41, 5.74) is 0. The standard InChI is InChI=1S/C12H16N6O3S/c1-8-5-10(17-21-8)14-11-6-13-16-12(15-11)18(2)9-3-4-22(19,20)7-9/h5-6,9H,3-4,7H2,1-2H3,(H,14,15,16,17). The number of aryl methyl sites for hydroxylation is 1. The maximum absolute atomic E-state index is 11.6. The topological polar surface area (TPSA) is 114 Å². The molecular formula is C12H16N6O3S. The minimum absolute atomic E-state index is 0.118. The first-order valence-electron chi connectivity index (χ1n) is 6.76. The number of hydrogen-bond acceptors (Lipinski definition) is 9. The van der Waals surface area contributed by atoms with Crippen molar-refractivity contribution < 1.29 is 12.9 Å². The fourth-order valence-corrected chi connectivity index (χ4v) is 4.08. The summed E-state index contributed by atoms with van der Waals surface area (Å²) in [6.07, 6.45) is 2.04. The van der Waals surface area contributed by atoms with E-state index in [4.69, 9.17) is 4.52 Å². The second-order valence-corrected chi connectivity index (χ2v) is 7.49. The van der Waals surface area contributed by atoms with E-state index in [9.17, 15) is 8.42 Å². The number of sulfone groups is 1. The number of anilines is 3. The molecule has 118 valence electrons. The van der Waals surface area contributed by atoms with Crippen LogP contribution in [0.1, 0.15) is 12.2 Å². The minimum Gasteiger partial charge on any atom is -0.360 e. The first-order chi connectivity index (χ1) is 10.4. The van der Waals surface area contributed by atoms with Crippen LogP contribution in [0.3, 0.4) is 0 Å². The van der Waals surface area contributed by atoms with Gasteiger partial charge in [0.25, 0.3) is 0 Å². The Balaban J connectivity index is 1.76. The molecule has 0 amide bonds. The lowest BCUT2D eigenvalue weighted by molar-refractivity contribution is 0.400. The maximum atomic E-state index is 11.6. The Morgan fingerprint density at radius 1 is 1.41 bits per heavy atom. The number of hydrogen-bond donors (Lipinski definition) is 1. The molecule has 10 heteroatoms. The van der Waals surface area contributed by atoms with Crippen LogP contribution in [-0.4, -0.2) is 53.4 Å². The summed E-state index contributed by atoms with van der Waals surface area (Å²) in [7, 11) is -1.19. The maximum Gasteiger partial charge on any atom is 0.247 e. The van der Waals surface area contributed by atoms with Crippen LogP contribution in [0.4, 0.5) is 17.6 Å². The Morgan fingerprint density at radius 3 is 2.86 bits per heavy atom. The molecule has 2 aromatic heterocycles. The summed E-state index contributed by atoms with van der Waals surface area (Å²) >= 11 is 0. The zero-order valence-corrected chi connectivity index (χ0v) is 13.0. The van der Waals surface area contributed by atoms with Gasteiger partial charge in [-0.15, -0.1) is 5.10 Å². The number of nitrogens with zero attached hydrogens (tertiary/aromatic N) is 5. The Bertz CT molecular complexity index is 775. The van der Waals surface area contributed by atoms with E-state index in [-0.39, 0.29) is 17.5 Å². The molecule has 1 aliphatic heterocycles. The van der Waals surface area contributed by atoms with Gasteiger partial charge in [0.15, 0.2) is 21.5 Å². The second-order valence-electron chi connectivity index (χ2n) is 5.26. The molecule has 1 aliphatic rings. The van der Waals surface area contributed by atoms with Crippen LogP contribution in [0.25, 0.3) is 0 Å². The van der Waals surface area contributed by atoms with Crippen LogP contribution in [-0.2, 0) is 9.84 Å². The highest BCUT2D eigenvalue weighted by atomic mass is 32.2. The van der Waals surface area contributed by atoms with Gasteiger partial charge in [0, 0.05) is 19.2 Å². The Hall–Kier alpha value is -2.23. The van der Waals surface area contributed by atoms with E-state index >= 15 is 0 Å². The Kier molecular flexibility index (Phi) is 3.69. The Labute approximate surface area is 127 Å². The van der Waals surface area contributed by atoms with Gasteiger partial charge in [0.05, 0.1) is 17.7 Å². The summed E-state index contributed by atoms with van der Waals surface area (Å²) in [4.78, 5) is 6.08. The highest BCUT2D eigenvalue weighted by molar-refractivity contribution is 7.91. The lowest BCUT2D eigenvalue weighted by atomic mass is 10.2. The third-order valence-electron chi connectivity index (χ3n) is 3.50. The van der Waals surface area contributed by atoms with Crippen molar-refractivity contribution in [3.05, 3.63) is 18.0 Å². The van der Waals surface area contributed by atoms with Crippen molar-refractivity contribution in [2.75, 3.05) is 28.8 Å². The zero-order valence-electron chi connectivity index (χ0n) is 12.2. The van der Waals surface area contributed by atoms with Gasteiger partial charge < -0.3 is 14.7 Å². The monoisotopic (exact) mass is 324 g/mol. The molecule has 3 rings (SSSR count). The average molecular weight is 324 g/mol. The van der Waals surface area contributed by atoms with Gasteiger partial charge in [-0.3, -0.25) is 0 Å². The van der Waals surface area contributed by atoms with E-state index in [0.717, 1.165) is 0 Å². The fourth-order valence-electron chi connectivity index (χ4n) is 2.30. The van der Waals surface area contributed by atoms with Crippen molar-refractivity contribution in [2.45, 2.75) is 19.4 Å². The molecule has 0 radical (unpaired) electrons. The zero-order chi connectivity index (χ0) is 15.7. The summed E-state index contributed by atoms with van der Waals surface area (Å²) in [6, 6.07) is 1.60. The lowest BCUT2D eigenvalue weighted by Crippen LogP contribution is -2.34. The van der Waals surface area contributed by atoms with Crippen molar-refractivity contribution in [1.29, 1.82) is 0 Å². The van der Waals surface area contributed by atoms with E-state index in [0.29, 0.717) is 29.8 Å². The highest BCUT2D eigenvalue weighted by Crippen LogP contribution is 2.21. The molecule has 1 fully saturated rings. The van der Waals surface area contributed by atoms with Gasteiger partial charge in [-0.25, -0.2) is 8.42 Å². The van der Waals surface area contributed by atoms with E-state index in [1.807, 2.05) is 0 Å². The molecule has 0 aromatic carbocycles. The normalized spacial score (nSPS) is 20.0. The molecule has 1 N–H and O–H groups in total. The molecule has 2 aromatic rings. The van der Waals surface area contributed by atoms with Gasteiger partial charge in [0.1, 0.15) is 5.76 Å². The Morgan fingerprint density at radius 2 is 2.23 bits per heavy atom. The molecule has 0 saturated carbocycles. The van der Waals surface area contributed by atoms with Crippen molar-refractivity contribution in [3.8, 4) is 0 Å². The van der Waals surface area contributed by atoms with E-state index in [1.54, 1.807) is 24.9 Å². The van der Waals surface area contributed by atoms with Crippen LogP contribution in [0, 0.1) is 6.92 Å². The second kappa shape index (κ2) is 5.52. The largest absolute Gasteiger partial charge is 0.360 e. The van der Waals surface area contributed by atoms with Gasteiger partial charge in [-0.05, 0) is 13.3 Å². The minimum atomic E-state index is -2.96. The predicted octanol–water partition coefficient (Wildman–Crippen LogP) is 0.535. The number of aromatic nitrogens is 4. The first kappa shape index (κ1) is 14.7. The first-order valence-corrected chi connectivity index (χ1v) is 8.58. The van der Waals surface area contributed by atoms with Gasteiger partial charge in [-0.2, -0.15) is 10.1 Å². The number of nitrogens with one attached hydrogen (secondary N) is 1. The molecule has 0 aliphatic carbocycles. The van der Waals surface area contributed by atoms with Crippen LogP contribution in [0.2, 0.25) is 0 Å². The fraction of sp³-hybridized carbons (Fsp3) is 0.500. The molecule has 0 bridgehead atoms. The van der Waals surface area contributed by atoms with Crippen molar-refractivity contribution >= 4 is 27.4 Å². The van der Waals surface area contributed by atoms with Crippen LogP contribution < -0.4 is 10.2 Å². The van der Waals surface area contributed by atoms with Crippen LogP contribution >= 0.6 is 0 Å². The predicted molar refractivity (Wildman–Crippen MR) is 79.8 cm³/mol. The van der Waals surface area contributed by atoms with E-state index < -0.39 is 9.84 Å². The van der Waals surface area contributed by atoms with Crippen LogP contribution in [0.15, 0.2) is 16.8 Å². The van der Waals surface area contributed by atoms with Crippen LogP contribution in [0.5, 0.6) is 0 Å². The summed E-state index contributed by atoms with van der Waals surface area (Å²) in [5.74, 6) is 2.35.